The maximum absolute atomic E-state index is 11.7. The van der Waals surface area contributed by atoms with E-state index >= 15 is 0 Å². The third-order valence-corrected chi connectivity index (χ3v) is 6.22. The van der Waals surface area contributed by atoms with Crippen LogP contribution in [0.15, 0.2) is 66.9 Å². The van der Waals surface area contributed by atoms with Crippen LogP contribution in [0, 0.1) is 12.8 Å². The quantitative estimate of drug-likeness (QED) is 0.268. The molecule has 2 aromatic carbocycles. The van der Waals surface area contributed by atoms with Crippen molar-refractivity contribution in [1.82, 2.24) is 9.38 Å². The van der Waals surface area contributed by atoms with E-state index in [2.05, 4.69) is 50.4 Å². The van der Waals surface area contributed by atoms with Gasteiger partial charge in [-0.1, -0.05) is 75.7 Å². The Hall–Kier alpha value is -3.44. The molecule has 35 heavy (non-hydrogen) atoms. The fourth-order valence-electron chi connectivity index (χ4n) is 4.36. The number of hydrogen-bond donors (Lipinski definition) is 1. The Balaban J connectivity index is 1.76. The molecule has 0 saturated carbocycles. The number of carboxylic acid groups (broad SMARTS) is 1. The number of carbonyl (C=O) groups is 1. The average Bonchev–Trinajstić information content (AvgIpc) is 3.29. The number of rotatable bonds is 10. The Kier molecular flexibility index (Phi) is 7.67. The lowest BCUT2D eigenvalue weighted by Crippen LogP contribution is -2.14. The second-order valence-corrected chi connectivity index (χ2v) is 9.55. The van der Waals surface area contributed by atoms with Crippen molar-refractivity contribution in [1.29, 1.82) is 0 Å². The largest absolute Gasteiger partial charge is 0.478 e. The number of carboxylic acids is 1. The number of nitrogens with zero attached hydrogens (tertiary/aromatic N) is 2. The van der Waals surface area contributed by atoms with E-state index in [1.165, 1.54) is 0 Å². The number of pyridine rings is 1. The molecule has 4 aromatic rings. The molecule has 0 spiro atoms. The highest BCUT2D eigenvalue weighted by molar-refractivity contribution is 5.96. The fraction of sp³-hybridized carbons (Fsp3) is 0.333. The van der Waals surface area contributed by atoms with Crippen molar-refractivity contribution in [2.75, 3.05) is 6.61 Å². The monoisotopic (exact) mass is 470 g/mol. The first-order valence-electron chi connectivity index (χ1n) is 12.4. The Morgan fingerprint density at radius 2 is 1.80 bits per heavy atom. The van der Waals surface area contributed by atoms with Crippen molar-refractivity contribution < 1.29 is 14.6 Å². The van der Waals surface area contributed by atoms with Gasteiger partial charge in [0.15, 0.2) is 0 Å². The van der Waals surface area contributed by atoms with Gasteiger partial charge in [-0.05, 0) is 60.1 Å². The zero-order valence-electron chi connectivity index (χ0n) is 21.0. The topological polar surface area (TPSA) is 63.8 Å². The van der Waals surface area contributed by atoms with Crippen molar-refractivity contribution in [2.45, 2.75) is 53.1 Å². The maximum Gasteiger partial charge on any atom is 0.336 e. The summed E-state index contributed by atoms with van der Waals surface area (Å²) >= 11 is 0. The number of fused-ring (bicyclic) bond motifs is 1. The molecule has 2 aromatic heterocycles. The number of hydrogen-bond acceptors (Lipinski definition) is 3. The Bertz CT molecular complexity index is 1310. The minimum atomic E-state index is -0.927. The molecule has 1 N–H and O–H groups in total. The van der Waals surface area contributed by atoms with E-state index in [-0.39, 0.29) is 6.10 Å². The molecular weight excluding hydrogens is 436 g/mol. The van der Waals surface area contributed by atoms with Gasteiger partial charge in [0, 0.05) is 6.20 Å². The van der Waals surface area contributed by atoms with Crippen LogP contribution in [-0.4, -0.2) is 27.1 Å². The van der Waals surface area contributed by atoms with E-state index < -0.39 is 5.97 Å². The van der Waals surface area contributed by atoms with Crippen LogP contribution in [0.1, 0.15) is 72.6 Å². The van der Waals surface area contributed by atoms with Crippen LogP contribution >= 0.6 is 0 Å². The van der Waals surface area contributed by atoms with Crippen LogP contribution < -0.4 is 0 Å². The van der Waals surface area contributed by atoms with Gasteiger partial charge in [0.25, 0.3) is 0 Å². The highest BCUT2D eigenvalue weighted by atomic mass is 16.5. The van der Waals surface area contributed by atoms with Crippen molar-refractivity contribution >= 4 is 11.6 Å². The normalized spacial score (nSPS) is 12.4. The van der Waals surface area contributed by atoms with Crippen molar-refractivity contribution in [3.05, 3.63) is 94.9 Å². The first-order valence-corrected chi connectivity index (χ1v) is 12.4. The predicted molar refractivity (Wildman–Crippen MR) is 140 cm³/mol. The molecule has 4 rings (SSSR count). The molecule has 5 heteroatoms. The summed E-state index contributed by atoms with van der Waals surface area (Å²) in [6.45, 7) is 9.21. The highest BCUT2D eigenvalue weighted by Gasteiger charge is 2.21. The molecule has 0 radical (unpaired) electrons. The molecule has 0 saturated heterocycles. The third kappa shape index (κ3) is 5.46. The molecule has 0 bridgehead atoms. The van der Waals surface area contributed by atoms with Gasteiger partial charge < -0.3 is 14.2 Å². The predicted octanol–water partition coefficient (Wildman–Crippen LogP) is 7.11. The van der Waals surface area contributed by atoms with Crippen molar-refractivity contribution in [2.24, 2.45) is 5.92 Å². The molecule has 1 atom stereocenters. The summed E-state index contributed by atoms with van der Waals surface area (Å²) in [5.41, 5.74) is 7.15. The first-order chi connectivity index (χ1) is 16.9. The van der Waals surface area contributed by atoms with Gasteiger partial charge in [-0.25, -0.2) is 9.78 Å². The second-order valence-electron chi connectivity index (χ2n) is 9.55. The summed E-state index contributed by atoms with van der Waals surface area (Å²) in [5.74, 6) is -0.535. The molecule has 1 unspecified atom stereocenters. The van der Waals surface area contributed by atoms with Crippen LogP contribution in [0.25, 0.3) is 16.8 Å². The van der Waals surface area contributed by atoms with Crippen LogP contribution in [0.3, 0.4) is 0 Å². The lowest BCUT2D eigenvalue weighted by atomic mass is 9.96. The van der Waals surface area contributed by atoms with E-state index in [9.17, 15) is 9.90 Å². The Morgan fingerprint density at radius 3 is 2.49 bits per heavy atom. The van der Waals surface area contributed by atoms with Gasteiger partial charge in [-0.15, -0.1) is 0 Å². The van der Waals surface area contributed by atoms with Crippen LogP contribution in [-0.2, 0) is 11.2 Å². The molecule has 0 amide bonds. The smallest absolute Gasteiger partial charge is 0.336 e. The lowest BCUT2D eigenvalue weighted by Gasteiger charge is -2.22. The molecule has 0 aliphatic heterocycles. The molecular formula is C30H34N2O3. The molecule has 182 valence electrons. The number of aromatic nitrogens is 2. The third-order valence-electron chi connectivity index (χ3n) is 6.22. The number of unbranched alkanes of at least 4 members (excludes halogenated alkanes) is 1. The van der Waals surface area contributed by atoms with Gasteiger partial charge in [0.1, 0.15) is 11.8 Å². The van der Waals surface area contributed by atoms with Gasteiger partial charge >= 0.3 is 5.97 Å². The highest BCUT2D eigenvalue weighted by Crippen LogP contribution is 2.31. The molecule has 0 aliphatic rings. The zero-order valence-corrected chi connectivity index (χ0v) is 21.0. The fourth-order valence-corrected chi connectivity index (χ4v) is 4.36. The average molecular weight is 471 g/mol. The molecule has 0 aliphatic carbocycles. The van der Waals surface area contributed by atoms with Crippen LogP contribution in [0.4, 0.5) is 0 Å². The number of aromatic carboxylic acids is 1. The number of benzene rings is 2. The number of imidazole rings is 1. The minimum absolute atomic E-state index is 0.266. The van der Waals surface area contributed by atoms with Gasteiger partial charge in [0.05, 0.1) is 23.6 Å². The summed E-state index contributed by atoms with van der Waals surface area (Å²) in [4.78, 5) is 16.6. The molecule has 5 nitrogen and oxygen atoms in total. The lowest BCUT2D eigenvalue weighted by molar-refractivity contribution is 0.0570. The zero-order chi connectivity index (χ0) is 24.9. The van der Waals surface area contributed by atoms with Crippen molar-refractivity contribution in [3.63, 3.8) is 0 Å². The Labute approximate surface area is 207 Å². The summed E-state index contributed by atoms with van der Waals surface area (Å²) in [6.07, 6.45) is 5.10. The maximum atomic E-state index is 11.7. The number of aryl methyl sites for hydroxylation is 2. The summed E-state index contributed by atoms with van der Waals surface area (Å²) in [5, 5.41) is 9.59. The Morgan fingerprint density at radius 1 is 1.06 bits per heavy atom. The molecule has 2 heterocycles. The van der Waals surface area contributed by atoms with E-state index in [0.717, 1.165) is 53.0 Å². The molecule has 0 fully saturated rings. The summed E-state index contributed by atoms with van der Waals surface area (Å²) in [7, 11) is 0. The SMILES string of the molecule is CCCCc1cn2c(C(OCC(C)C)c3ccc(-c4ccccc4C(=O)O)cc3)ccc(C)c2n1. The van der Waals surface area contributed by atoms with E-state index in [0.29, 0.717) is 23.7 Å². The van der Waals surface area contributed by atoms with E-state index in [1.54, 1.807) is 12.1 Å². The minimum Gasteiger partial charge on any atom is -0.478 e. The van der Waals surface area contributed by atoms with E-state index in [1.807, 2.05) is 36.4 Å². The van der Waals surface area contributed by atoms with Gasteiger partial charge in [0.2, 0.25) is 0 Å². The first kappa shape index (κ1) is 24.7. The van der Waals surface area contributed by atoms with Gasteiger partial charge in [-0.3, -0.25) is 0 Å². The van der Waals surface area contributed by atoms with Gasteiger partial charge in [-0.2, -0.15) is 0 Å². The van der Waals surface area contributed by atoms with Crippen LogP contribution in [0.5, 0.6) is 0 Å². The summed E-state index contributed by atoms with van der Waals surface area (Å²) in [6, 6.07) is 19.4. The second kappa shape index (κ2) is 10.9. The standard InChI is InChI=1S/C30H34N2O3/c1-5-6-9-24-18-32-27(17-12-21(4)29(32)31-24)28(35-19-20(2)3)23-15-13-22(14-16-23)25-10-7-8-11-26(25)30(33)34/h7-8,10-18,20,28H,5-6,9,19H2,1-4H3,(H,33,34). The van der Waals surface area contributed by atoms with Crippen molar-refractivity contribution in [3.8, 4) is 11.1 Å². The number of ether oxygens (including phenoxy) is 1. The van der Waals surface area contributed by atoms with Crippen LogP contribution in [0.2, 0.25) is 0 Å². The summed E-state index contributed by atoms with van der Waals surface area (Å²) < 4.78 is 8.66. The van der Waals surface area contributed by atoms with E-state index in [4.69, 9.17) is 9.72 Å².